The number of hydrogen-bond acceptors (Lipinski definition) is 4. The Balaban J connectivity index is 1.73. The van der Waals surface area contributed by atoms with Gasteiger partial charge in [0.05, 0.1) is 17.0 Å². The van der Waals surface area contributed by atoms with E-state index in [-0.39, 0.29) is 10.7 Å². The quantitative estimate of drug-likeness (QED) is 0.735. The van der Waals surface area contributed by atoms with Crippen molar-refractivity contribution in [3.8, 4) is 0 Å². The molecule has 0 radical (unpaired) electrons. The number of carbonyl (C=O) groups excluding carboxylic acids is 1. The Bertz CT molecular complexity index is 959. The molecule has 3 rings (SSSR count). The van der Waals surface area contributed by atoms with E-state index in [0.29, 0.717) is 10.7 Å². The predicted octanol–water partition coefficient (Wildman–Crippen LogP) is 4.00. The van der Waals surface area contributed by atoms with Crippen LogP contribution in [0, 0.1) is 0 Å². The highest BCUT2D eigenvalue weighted by Crippen LogP contribution is 2.30. The van der Waals surface area contributed by atoms with Gasteiger partial charge in [-0.05, 0) is 55.3 Å². The third-order valence-electron chi connectivity index (χ3n) is 4.49. The highest BCUT2D eigenvalue weighted by atomic mass is 35.5. The third-order valence-corrected chi connectivity index (χ3v) is 6.17. The molecule has 1 saturated heterocycles. The summed E-state index contributed by atoms with van der Waals surface area (Å²) in [4.78, 5) is 14.8. The average Bonchev–Trinajstić information content (AvgIpc) is 3.16. The van der Waals surface area contributed by atoms with E-state index in [1.54, 1.807) is 6.07 Å². The Labute approximate surface area is 175 Å². The minimum absolute atomic E-state index is 0.163. The molecule has 0 aliphatic carbocycles. The van der Waals surface area contributed by atoms with Gasteiger partial charge in [-0.15, -0.1) is 0 Å². The molecule has 0 atom stereocenters. The van der Waals surface area contributed by atoms with E-state index in [2.05, 4.69) is 10.2 Å². The molecule has 0 bridgehead atoms. The Hall–Kier alpha value is -1.96. The Morgan fingerprint density at radius 3 is 2.36 bits per heavy atom. The fraction of sp³-hybridized carbons (Fsp3) is 0.316. The standard InChI is InChI=1S/C19H21Cl2N3O3S/c1-28(26,27)24(18-12-14(20)4-9-17(18)21)13-19(25)22-15-5-7-16(8-6-15)23-10-2-3-11-23/h4-9,12H,2-3,10-11,13H2,1H3,(H,22,25). The monoisotopic (exact) mass is 441 g/mol. The van der Waals surface area contributed by atoms with Gasteiger partial charge < -0.3 is 10.2 Å². The van der Waals surface area contributed by atoms with Crippen LogP contribution in [0.25, 0.3) is 0 Å². The molecule has 6 nitrogen and oxygen atoms in total. The first kappa shape index (κ1) is 20.8. The van der Waals surface area contributed by atoms with Gasteiger partial charge in [-0.3, -0.25) is 9.10 Å². The van der Waals surface area contributed by atoms with Gasteiger partial charge in [-0.1, -0.05) is 23.2 Å². The summed E-state index contributed by atoms with van der Waals surface area (Å²) >= 11 is 12.1. The highest BCUT2D eigenvalue weighted by Gasteiger charge is 2.23. The van der Waals surface area contributed by atoms with Gasteiger partial charge >= 0.3 is 0 Å². The van der Waals surface area contributed by atoms with Crippen LogP contribution < -0.4 is 14.5 Å². The second kappa shape index (κ2) is 8.59. The lowest BCUT2D eigenvalue weighted by atomic mass is 10.2. The first-order chi connectivity index (χ1) is 13.2. The fourth-order valence-corrected chi connectivity index (χ4v) is 4.42. The minimum atomic E-state index is -3.74. The molecule has 1 heterocycles. The van der Waals surface area contributed by atoms with Crippen molar-refractivity contribution in [2.75, 3.05) is 40.4 Å². The van der Waals surface area contributed by atoms with E-state index in [0.717, 1.165) is 29.3 Å². The van der Waals surface area contributed by atoms with Crippen molar-refractivity contribution in [3.05, 3.63) is 52.5 Å². The van der Waals surface area contributed by atoms with E-state index in [4.69, 9.17) is 23.2 Å². The zero-order valence-corrected chi connectivity index (χ0v) is 17.7. The van der Waals surface area contributed by atoms with Crippen LogP contribution in [0.15, 0.2) is 42.5 Å². The second-order valence-electron chi connectivity index (χ2n) is 6.65. The first-order valence-corrected chi connectivity index (χ1v) is 11.4. The smallest absolute Gasteiger partial charge is 0.245 e. The van der Waals surface area contributed by atoms with Gasteiger partial charge in [0.1, 0.15) is 6.54 Å². The Kier molecular flexibility index (Phi) is 6.37. The van der Waals surface area contributed by atoms with Crippen LogP contribution in [0.4, 0.5) is 17.1 Å². The topological polar surface area (TPSA) is 69.7 Å². The number of anilines is 3. The lowest BCUT2D eigenvalue weighted by Gasteiger charge is -2.23. The summed E-state index contributed by atoms with van der Waals surface area (Å²) in [6.45, 7) is 1.66. The van der Waals surface area contributed by atoms with Crippen molar-refractivity contribution in [1.82, 2.24) is 0 Å². The van der Waals surface area contributed by atoms with E-state index < -0.39 is 22.5 Å². The van der Waals surface area contributed by atoms with Crippen LogP contribution in [0.2, 0.25) is 10.0 Å². The van der Waals surface area contributed by atoms with E-state index in [1.165, 1.54) is 25.0 Å². The fourth-order valence-electron chi connectivity index (χ4n) is 3.12. The molecule has 2 aromatic rings. The van der Waals surface area contributed by atoms with Gasteiger partial charge in [0.15, 0.2) is 0 Å². The molecule has 1 N–H and O–H groups in total. The average molecular weight is 442 g/mol. The van der Waals surface area contributed by atoms with Gasteiger partial charge in [0.25, 0.3) is 0 Å². The molecule has 28 heavy (non-hydrogen) atoms. The molecule has 150 valence electrons. The number of benzene rings is 2. The molecule has 0 spiro atoms. The van der Waals surface area contributed by atoms with Gasteiger partial charge in [0, 0.05) is 29.5 Å². The number of nitrogens with zero attached hydrogens (tertiary/aromatic N) is 2. The van der Waals surface area contributed by atoms with Crippen LogP contribution in [-0.4, -0.2) is 40.2 Å². The summed E-state index contributed by atoms with van der Waals surface area (Å²) in [6.07, 6.45) is 3.39. The zero-order valence-electron chi connectivity index (χ0n) is 15.4. The van der Waals surface area contributed by atoms with E-state index in [1.807, 2.05) is 24.3 Å². The third kappa shape index (κ3) is 5.10. The number of rotatable bonds is 6. The van der Waals surface area contributed by atoms with Crippen LogP contribution in [-0.2, 0) is 14.8 Å². The molecule has 0 unspecified atom stereocenters. The minimum Gasteiger partial charge on any atom is -0.372 e. The maximum atomic E-state index is 12.5. The number of amides is 1. The van der Waals surface area contributed by atoms with E-state index >= 15 is 0 Å². The van der Waals surface area contributed by atoms with Crippen LogP contribution in [0.5, 0.6) is 0 Å². The van der Waals surface area contributed by atoms with Crippen LogP contribution in [0.1, 0.15) is 12.8 Å². The van der Waals surface area contributed by atoms with Crippen LogP contribution >= 0.6 is 23.2 Å². The van der Waals surface area contributed by atoms with E-state index in [9.17, 15) is 13.2 Å². The summed E-state index contributed by atoms with van der Waals surface area (Å²) in [7, 11) is -3.74. The molecule has 0 aromatic heterocycles. The highest BCUT2D eigenvalue weighted by molar-refractivity contribution is 7.92. The maximum absolute atomic E-state index is 12.5. The molecule has 1 aliphatic rings. The molecule has 1 fully saturated rings. The zero-order chi connectivity index (χ0) is 20.3. The molecular formula is C19H21Cl2N3O3S. The molecule has 1 aliphatic heterocycles. The van der Waals surface area contributed by atoms with Crippen molar-refractivity contribution in [2.45, 2.75) is 12.8 Å². The van der Waals surface area contributed by atoms with Gasteiger partial charge in [-0.25, -0.2) is 8.42 Å². The number of nitrogens with one attached hydrogen (secondary N) is 1. The number of halogens is 2. The van der Waals surface area contributed by atoms with Crippen molar-refractivity contribution in [1.29, 1.82) is 0 Å². The van der Waals surface area contributed by atoms with Crippen LogP contribution in [0.3, 0.4) is 0 Å². The summed E-state index contributed by atoms with van der Waals surface area (Å²) < 4.78 is 25.4. The maximum Gasteiger partial charge on any atom is 0.245 e. The van der Waals surface area contributed by atoms with Crippen molar-refractivity contribution in [2.24, 2.45) is 0 Å². The molecular weight excluding hydrogens is 421 g/mol. The van der Waals surface area contributed by atoms with Gasteiger partial charge in [-0.2, -0.15) is 0 Å². The predicted molar refractivity (Wildman–Crippen MR) is 115 cm³/mol. The summed E-state index contributed by atoms with van der Waals surface area (Å²) in [6, 6.07) is 12.0. The normalized spacial score (nSPS) is 14.2. The molecule has 0 saturated carbocycles. The second-order valence-corrected chi connectivity index (χ2v) is 9.41. The van der Waals surface area contributed by atoms with Crippen molar-refractivity contribution < 1.29 is 13.2 Å². The lowest BCUT2D eigenvalue weighted by molar-refractivity contribution is -0.114. The number of sulfonamides is 1. The molecule has 2 aromatic carbocycles. The Morgan fingerprint density at radius 1 is 1.11 bits per heavy atom. The summed E-state index contributed by atoms with van der Waals surface area (Å²) in [5.41, 5.74) is 1.87. The van der Waals surface area contributed by atoms with Crippen molar-refractivity contribution >= 4 is 56.2 Å². The first-order valence-electron chi connectivity index (χ1n) is 8.82. The molecule has 1 amide bonds. The molecule has 9 heteroatoms. The number of hydrogen-bond donors (Lipinski definition) is 1. The summed E-state index contributed by atoms with van der Waals surface area (Å²) in [5.74, 6) is -0.476. The number of carbonyl (C=O) groups is 1. The summed E-state index contributed by atoms with van der Waals surface area (Å²) in [5, 5.41) is 3.24. The largest absolute Gasteiger partial charge is 0.372 e. The Morgan fingerprint density at radius 2 is 1.75 bits per heavy atom. The SMILES string of the molecule is CS(=O)(=O)N(CC(=O)Nc1ccc(N2CCCC2)cc1)c1cc(Cl)ccc1Cl. The lowest BCUT2D eigenvalue weighted by Crippen LogP contribution is -2.37. The van der Waals surface area contributed by atoms with Gasteiger partial charge in [0.2, 0.25) is 15.9 Å². The van der Waals surface area contributed by atoms with Crippen molar-refractivity contribution in [3.63, 3.8) is 0 Å².